The van der Waals surface area contributed by atoms with Gasteiger partial charge in [-0.25, -0.2) is 0 Å². The van der Waals surface area contributed by atoms with Gasteiger partial charge in [-0.15, -0.1) is 0 Å². The molecule has 2 unspecified atom stereocenters. The van der Waals surface area contributed by atoms with Crippen molar-refractivity contribution in [3.8, 4) is 0 Å². The fourth-order valence-electron chi connectivity index (χ4n) is 4.36. The van der Waals surface area contributed by atoms with E-state index in [0.717, 1.165) is 24.4 Å². The summed E-state index contributed by atoms with van der Waals surface area (Å²) in [5, 5.41) is 3.69. The van der Waals surface area contributed by atoms with Gasteiger partial charge in [-0.2, -0.15) is 0 Å². The van der Waals surface area contributed by atoms with Crippen molar-refractivity contribution in [2.45, 2.75) is 71.3 Å². The number of hydrogen-bond donors (Lipinski definition) is 1. The van der Waals surface area contributed by atoms with E-state index in [1.54, 1.807) is 0 Å². The number of nitrogens with one attached hydrogen (secondary N) is 1. The molecule has 0 aromatic rings. The Hall–Kier alpha value is -0.0800. The summed E-state index contributed by atoms with van der Waals surface area (Å²) in [5.41, 5.74) is 0.575. The molecule has 2 heteroatoms. The van der Waals surface area contributed by atoms with Crippen LogP contribution in [0, 0.1) is 17.3 Å². The van der Waals surface area contributed by atoms with Crippen LogP contribution in [0.25, 0.3) is 0 Å². The van der Waals surface area contributed by atoms with Crippen molar-refractivity contribution in [3.63, 3.8) is 0 Å². The Kier molecular flexibility index (Phi) is 4.72. The first kappa shape index (κ1) is 14.8. The average molecular weight is 278 g/mol. The van der Waals surface area contributed by atoms with Gasteiger partial charge < -0.3 is 5.32 Å². The molecule has 0 saturated heterocycles. The van der Waals surface area contributed by atoms with Crippen LogP contribution in [-0.4, -0.2) is 37.1 Å². The molecule has 0 bridgehead atoms. The lowest BCUT2D eigenvalue weighted by Crippen LogP contribution is -2.47. The number of rotatable bonds is 8. The van der Waals surface area contributed by atoms with E-state index in [9.17, 15) is 0 Å². The van der Waals surface area contributed by atoms with Crippen molar-refractivity contribution in [1.29, 1.82) is 0 Å². The second-order valence-corrected chi connectivity index (χ2v) is 8.09. The van der Waals surface area contributed by atoms with Gasteiger partial charge in [0.1, 0.15) is 0 Å². The predicted octanol–water partition coefficient (Wildman–Crippen LogP) is 3.67. The Balaban J connectivity index is 1.63. The summed E-state index contributed by atoms with van der Waals surface area (Å²) in [5.74, 6) is 1.98. The average Bonchev–Trinajstić information content (AvgIpc) is 3.27. The van der Waals surface area contributed by atoms with Crippen molar-refractivity contribution >= 4 is 0 Å². The topological polar surface area (TPSA) is 15.3 Å². The van der Waals surface area contributed by atoms with Crippen LogP contribution in [0.1, 0.15) is 65.2 Å². The first-order chi connectivity index (χ1) is 9.71. The Morgan fingerprint density at radius 3 is 2.55 bits per heavy atom. The third kappa shape index (κ3) is 3.98. The molecule has 1 N–H and O–H groups in total. The molecule has 3 aliphatic rings. The van der Waals surface area contributed by atoms with Crippen molar-refractivity contribution in [2.24, 2.45) is 17.3 Å². The summed E-state index contributed by atoms with van der Waals surface area (Å²) < 4.78 is 0. The van der Waals surface area contributed by atoms with Gasteiger partial charge in [0.25, 0.3) is 0 Å². The van der Waals surface area contributed by atoms with E-state index in [1.165, 1.54) is 71.0 Å². The molecule has 3 saturated carbocycles. The van der Waals surface area contributed by atoms with Gasteiger partial charge in [-0.05, 0) is 62.3 Å². The molecule has 3 aliphatic carbocycles. The quantitative estimate of drug-likeness (QED) is 0.729. The maximum absolute atomic E-state index is 3.69. The van der Waals surface area contributed by atoms with Gasteiger partial charge in [-0.1, -0.05) is 26.7 Å². The Labute approximate surface area is 125 Å². The lowest BCUT2D eigenvalue weighted by atomic mass is 9.69. The molecular weight excluding hydrogens is 244 g/mol. The minimum absolute atomic E-state index is 0.575. The van der Waals surface area contributed by atoms with Crippen LogP contribution in [0.3, 0.4) is 0 Å². The zero-order chi connectivity index (χ0) is 14.0. The molecule has 0 amide bonds. The lowest BCUT2D eigenvalue weighted by Gasteiger charge is -2.44. The summed E-state index contributed by atoms with van der Waals surface area (Å²) in [6.07, 6.45) is 11.8. The first-order valence-electron chi connectivity index (χ1n) is 9.15. The van der Waals surface area contributed by atoms with Gasteiger partial charge in [0.05, 0.1) is 0 Å². The smallest absolute Gasteiger partial charge is 0.00967 e. The minimum atomic E-state index is 0.575. The van der Waals surface area contributed by atoms with E-state index in [2.05, 4.69) is 24.1 Å². The normalized spacial score (nSPS) is 34.6. The molecule has 0 aliphatic heterocycles. The molecule has 3 fully saturated rings. The van der Waals surface area contributed by atoms with Gasteiger partial charge >= 0.3 is 0 Å². The molecule has 3 rings (SSSR count). The Morgan fingerprint density at radius 1 is 1.15 bits per heavy atom. The summed E-state index contributed by atoms with van der Waals surface area (Å²) in [7, 11) is 0. The third-order valence-corrected chi connectivity index (χ3v) is 5.73. The van der Waals surface area contributed by atoms with E-state index < -0.39 is 0 Å². The first-order valence-corrected chi connectivity index (χ1v) is 9.15. The molecule has 2 atom stereocenters. The van der Waals surface area contributed by atoms with Crippen LogP contribution in [0.15, 0.2) is 0 Å². The number of hydrogen-bond acceptors (Lipinski definition) is 2. The second-order valence-electron chi connectivity index (χ2n) is 8.09. The van der Waals surface area contributed by atoms with Crippen LogP contribution in [0.5, 0.6) is 0 Å². The highest BCUT2D eigenvalue weighted by Crippen LogP contribution is 2.43. The molecule has 0 radical (unpaired) electrons. The van der Waals surface area contributed by atoms with Gasteiger partial charge in [-0.3, -0.25) is 4.90 Å². The molecule has 116 valence electrons. The highest BCUT2D eigenvalue weighted by Gasteiger charge is 2.41. The minimum Gasteiger partial charge on any atom is -0.316 e. The molecular formula is C18H34N2. The van der Waals surface area contributed by atoms with Crippen molar-refractivity contribution < 1.29 is 0 Å². The molecule has 20 heavy (non-hydrogen) atoms. The molecule has 2 nitrogen and oxygen atoms in total. The Bertz CT molecular complexity index is 309. The van der Waals surface area contributed by atoms with E-state index in [4.69, 9.17) is 0 Å². The van der Waals surface area contributed by atoms with E-state index >= 15 is 0 Å². The van der Waals surface area contributed by atoms with E-state index in [-0.39, 0.29) is 0 Å². The van der Waals surface area contributed by atoms with E-state index in [0.29, 0.717) is 5.41 Å². The van der Waals surface area contributed by atoms with Crippen LogP contribution in [0.4, 0.5) is 0 Å². The monoisotopic (exact) mass is 278 g/mol. The van der Waals surface area contributed by atoms with Crippen LogP contribution >= 0.6 is 0 Å². The van der Waals surface area contributed by atoms with Crippen molar-refractivity contribution in [3.05, 3.63) is 0 Å². The third-order valence-electron chi connectivity index (χ3n) is 5.73. The van der Waals surface area contributed by atoms with Crippen molar-refractivity contribution in [1.82, 2.24) is 10.2 Å². The maximum Gasteiger partial charge on any atom is 0.00967 e. The maximum atomic E-state index is 3.69. The predicted molar refractivity (Wildman–Crippen MR) is 85.9 cm³/mol. The number of nitrogens with zero attached hydrogens (tertiary/aromatic N) is 1. The molecule has 0 aromatic carbocycles. The van der Waals surface area contributed by atoms with Gasteiger partial charge in [0.2, 0.25) is 0 Å². The second kappa shape index (κ2) is 6.36. The van der Waals surface area contributed by atoms with Crippen LogP contribution in [0.2, 0.25) is 0 Å². The highest BCUT2D eigenvalue weighted by atomic mass is 15.2. The SMILES string of the molecule is CCNCC1(CN(CC2CC2)C2CC2)CCCC(C)C1. The summed E-state index contributed by atoms with van der Waals surface area (Å²) in [6.45, 7) is 9.90. The molecule has 0 spiro atoms. The molecule has 0 heterocycles. The van der Waals surface area contributed by atoms with Crippen LogP contribution in [-0.2, 0) is 0 Å². The lowest BCUT2D eigenvalue weighted by molar-refractivity contribution is 0.0738. The zero-order valence-corrected chi connectivity index (χ0v) is 13.7. The van der Waals surface area contributed by atoms with Crippen LogP contribution < -0.4 is 5.32 Å². The molecule has 0 aromatic heterocycles. The van der Waals surface area contributed by atoms with Crippen molar-refractivity contribution in [2.75, 3.05) is 26.2 Å². The fraction of sp³-hybridized carbons (Fsp3) is 1.00. The van der Waals surface area contributed by atoms with Gasteiger partial charge in [0.15, 0.2) is 0 Å². The zero-order valence-electron chi connectivity index (χ0n) is 13.7. The van der Waals surface area contributed by atoms with Gasteiger partial charge in [0, 0.05) is 25.7 Å². The highest BCUT2D eigenvalue weighted by molar-refractivity contribution is 4.95. The summed E-state index contributed by atoms with van der Waals surface area (Å²) >= 11 is 0. The fourth-order valence-corrected chi connectivity index (χ4v) is 4.36. The summed E-state index contributed by atoms with van der Waals surface area (Å²) in [6, 6.07) is 0.950. The summed E-state index contributed by atoms with van der Waals surface area (Å²) in [4.78, 5) is 2.90. The standard InChI is InChI=1S/C18H34N2/c1-3-19-13-18(10-4-5-15(2)11-18)14-20(17-8-9-17)12-16-6-7-16/h15-17,19H,3-14H2,1-2H3. The Morgan fingerprint density at radius 2 is 1.95 bits per heavy atom. The van der Waals surface area contributed by atoms with E-state index in [1.807, 2.05) is 0 Å². The largest absolute Gasteiger partial charge is 0.316 e.